The minimum atomic E-state index is 0. The van der Waals surface area contributed by atoms with Crippen LogP contribution in [0, 0.1) is 0 Å². The summed E-state index contributed by atoms with van der Waals surface area (Å²) in [6, 6.07) is 5.77. The van der Waals surface area contributed by atoms with Gasteiger partial charge in [-0.05, 0) is 25.3 Å². The molecule has 0 aliphatic carbocycles. The van der Waals surface area contributed by atoms with Gasteiger partial charge in [-0.15, -0.1) is 24.0 Å². The van der Waals surface area contributed by atoms with E-state index < -0.39 is 0 Å². The number of methoxy groups -OCH3 is 2. The predicted octanol–water partition coefficient (Wildman–Crippen LogP) is 2.74. The van der Waals surface area contributed by atoms with Crippen molar-refractivity contribution in [1.29, 1.82) is 0 Å². The van der Waals surface area contributed by atoms with E-state index in [2.05, 4.69) is 28.8 Å². The fraction of sp³-hybridized carbons (Fsp3) is 0.533. The van der Waals surface area contributed by atoms with Crippen LogP contribution in [0.3, 0.4) is 0 Å². The number of aliphatic imine (C=N–C) groups is 1. The number of benzene rings is 1. The number of nitrogens with zero attached hydrogens (tertiary/aromatic N) is 1. The molecule has 7 heteroatoms. The SMILES string of the molecule is CCNC(=NCc1ccc(OC)cc1OC)NCCSC.I. The van der Waals surface area contributed by atoms with Crippen LogP contribution >= 0.6 is 35.7 Å². The van der Waals surface area contributed by atoms with Crippen molar-refractivity contribution in [2.75, 3.05) is 39.3 Å². The predicted molar refractivity (Wildman–Crippen MR) is 106 cm³/mol. The Morgan fingerprint density at radius 3 is 2.59 bits per heavy atom. The van der Waals surface area contributed by atoms with Crippen molar-refractivity contribution >= 4 is 41.7 Å². The van der Waals surface area contributed by atoms with Crippen molar-refractivity contribution in [3.05, 3.63) is 23.8 Å². The van der Waals surface area contributed by atoms with Crippen LogP contribution in [0.15, 0.2) is 23.2 Å². The third-order valence-corrected chi connectivity index (χ3v) is 3.46. The number of guanidine groups is 1. The lowest BCUT2D eigenvalue weighted by Crippen LogP contribution is -2.38. The van der Waals surface area contributed by atoms with Gasteiger partial charge in [0.15, 0.2) is 5.96 Å². The fourth-order valence-electron chi connectivity index (χ4n) is 1.76. The molecule has 0 saturated carbocycles. The van der Waals surface area contributed by atoms with E-state index >= 15 is 0 Å². The molecular formula is C15H26IN3O2S. The maximum atomic E-state index is 5.39. The molecule has 0 unspecified atom stereocenters. The Bertz CT molecular complexity index is 458. The Morgan fingerprint density at radius 1 is 1.23 bits per heavy atom. The second-order valence-electron chi connectivity index (χ2n) is 4.29. The van der Waals surface area contributed by atoms with Gasteiger partial charge in [0, 0.05) is 30.5 Å². The zero-order valence-electron chi connectivity index (χ0n) is 13.6. The highest BCUT2D eigenvalue weighted by Gasteiger charge is 2.05. The zero-order chi connectivity index (χ0) is 15.5. The topological polar surface area (TPSA) is 54.9 Å². The molecular weight excluding hydrogens is 413 g/mol. The molecule has 0 aliphatic heterocycles. The molecule has 1 rings (SSSR count). The summed E-state index contributed by atoms with van der Waals surface area (Å²) in [5.41, 5.74) is 1.03. The minimum Gasteiger partial charge on any atom is -0.497 e. The summed E-state index contributed by atoms with van der Waals surface area (Å²) in [5, 5.41) is 6.54. The second-order valence-corrected chi connectivity index (χ2v) is 5.28. The van der Waals surface area contributed by atoms with Crippen molar-refractivity contribution in [2.45, 2.75) is 13.5 Å². The van der Waals surface area contributed by atoms with Crippen LogP contribution in [0.1, 0.15) is 12.5 Å². The standard InChI is InChI=1S/C15H25N3O2S.HI/c1-5-16-15(17-8-9-21-4)18-11-12-6-7-13(19-2)10-14(12)20-3;/h6-7,10H,5,8-9,11H2,1-4H3,(H2,16,17,18);1H. The monoisotopic (exact) mass is 439 g/mol. The molecule has 0 aromatic heterocycles. The van der Waals surface area contributed by atoms with Crippen LogP contribution in [0.4, 0.5) is 0 Å². The smallest absolute Gasteiger partial charge is 0.191 e. The number of ether oxygens (including phenoxy) is 2. The van der Waals surface area contributed by atoms with E-state index in [0.717, 1.165) is 41.9 Å². The average molecular weight is 439 g/mol. The van der Waals surface area contributed by atoms with Gasteiger partial charge in [-0.25, -0.2) is 4.99 Å². The number of rotatable bonds is 8. The van der Waals surface area contributed by atoms with Gasteiger partial charge in [-0.3, -0.25) is 0 Å². The lowest BCUT2D eigenvalue weighted by molar-refractivity contribution is 0.391. The molecule has 0 heterocycles. The number of halogens is 1. The molecule has 0 radical (unpaired) electrons. The highest BCUT2D eigenvalue weighted by Crippen LogP contribution is 2.25. The Balaban J connectivity index is 0.00000441. The van der Waals surface area contributed by atoms with Crippen molar-refractivity contribution in [2.24, 2.45) is 4.99 Å². The molecule has 0 aliphatic rings. The van der Waals surface area contributed by atoms with Crippen molar-refractivity contribution in [3.63, 3.8) is 0 Å². The Hall–Kier alpha value is -0.830. The van der Waals surface area contributed by atoms with Gasteiger partial charge in [0.1, 0.15) is 11.5 Å². The van der Waals surface area contributed by atoms with E-state index in [4.69, 9.17) is 9.47 Å². The van der Waals surface area contributed by atoms with Gasteiger partial charge in [-0.1, -0.05) is 0 Å². The van der Waals surface area contributed by atoms with Crippen molar-refractivity contribution < 1.29 is 9.47 Å². The molecule has 0 amide bonds. The molecule has 2 N–H and O–H groups in total. The van der Waals surface area contributed by atoms with E-state index in [9.17, 15) is 0 Å². The molecule has 126 valence electrons. The third-order valence-electron chi connectivity index (χ3n) is 2.84. The van der Waals surface area contributed by atoms with Gasteiger partial charge in [0.05, 0.1) is 20.8 Å². The molecule has 0 bridgehead atoms. The summed E-state index contributed by atoms with van der Waals surface area (Å²) in [4.78, 5) is 4.58. The van der Waals surface area contributed by atoms with E-state index in [0.29, 0.717) is 6.54 Å². The maximum absolute atomic E-state index is 5.39. The maximum Gasteiger partial charge on any atom is 0.191 e. The number of nitrogens with one attached hydrogen (secondary N) is 2. The highest BCUT2D eigenvalue weighted by molar-refractivity contribution is 14.0. The zero-order valence-corrected chi connectivity index (χ0v) is 16.8. The first-order chi connectivity index (χ1) is 10.2. The van der Waals surface area contributed by atoms with Crippen LogP contribution in [-0.2, 0) is 6.54 Å². The summed E-state index contributed by atoms with van der Waals surface area (Å²) in [7, 11) is 3.30. The summed E-state index contributed by atoms with van der Waals surface area (Å²) in [5.74, 6) is 3.45. The molecule has 5 nitrogen and oxygen atoms in total. The highest BCUT2D eigenvalue weighted by atomic mass is 127. The number of hydrogen-bond donors (Lipinski definition) is 2. The van der Waals surface area contributed by atoms with E-state index in [1.54, 1.807) is 14.2 Å². The first-order valence-corrected chi connectivity index (χ1v) is 8.36. The van der Waals surface area contributed by atoms with E-state index in [1.165, 1.54) is 0 Å². The summed E-state index contributed by atoms with van der Waals surface area (Å²) in [6.45, 7) is 4.35. The van der Waals surface area contributed by atoms with E-state index in [1.807, 2.05) is 30.0 Å². The van der Waals surface area contributed by atoms with Gasteiger partial charge < -0.3 is 20.1 Å². The van der Waals surface area contributed by atoms with Crippen LogP contribution in [-0.4, -0.2) is 45.3 Å². The van der Waals surface area contributed by atoms with Crippen molar-refractivity contribution in [1.82, 2.24) is 10.6 Å². The first-order valence-electron chi connectivity index (χ1n) is 6.97. The molecule has 1 aromatic rings. The fourth-order valence-corrected chi connectivity index (χ4v) is 2.07. The Morgan fingerprint density at radius 2 is 2.00 bits per heavy atom. The summed E-state index contributed by atoms with van der Waals surface area (Å²) >= 11 is 1.81. The minimum absolute atomic E-state index is 0. The number of hydrogen-bond acceptors (Lipinski definition) is 4. The molecule has 0 atom stereocenters. The molecule has 0 fully saturated rings. The lowest BCUT2D eigenvalue weighted by Gasteiger charge is -2.12. The third kappa shape index (κ3) is 7.44. The first kappa shape index (κ1) is 21.2. The lowest BCUT2D eigenvalue weighted by atomic mass is 10.2. The normalized spacial score (nSPS) is 10.6. The molecule has 1 aromatic carbocycles. The van der Waals surface area contributed by atoms with Gasteiger partial charge >= 0.3 is 0 Å². The van der Waals surface area contributed by atoms with Gasteiger partial charge in [0.25, 0.3) is 0 Å². The molecule has 0 spiro atoms. The molecule has 0 saturated heterocycles. The largest absolute Gasteiger partial charge is 0.497 e. The Kier molecular flexibility index (Phi) is 12.2. The van der Waals surface area contributed by atoms with Crippen LogP contribution in [0.5, 0.6) is 11.5 Å². The quantitative estimate of drug-likeness (QED) is 0.283. The summed E-state index contributed by atoms with van der Waals surface area (Å²) in [6.07, 6.45) is 2.09. The van der Waals surface area contributed by atoms with E-state index in [-0.39, 0.29) is 24.0 Å². The van der Waals surface area contributed by atoms with Gasteiger partial charge in [0.2, 0.25) is 0 Å². The van der Waals surface area contributed by atoms with Crippen molar-refractivity contribution in [3.8, 4) is 11.5 Å². The van der Waals surface area contributed by atoms with Gasteiger partial charge in [-0.2, -0.15) is 11.8 Å². The molecule has 22 heavy (non-hydrogen) atoms. The van der Waals surface area contributed by atoms with Crippen LogP contribution < -0.4 is 20.1 Å². The average Bonchev–Trinajstić information content (AvgIpc) is 2.52. The Labute approximate surface area is 154 Å². The van der Waals surface area contributed by atoms with Crippen LogP contribution in [0.2, 0.25) is 0 Å². The number of thioether (sulfide) groups is 1. The summed E-state index contributed by atoms with van der Waals surface area (Å²) < 4.78 is 10.6. The second kappa shape index (κ2) is 12.7. The van der Waals surface area contributed by atoms with Crippen LogP contribution in [0.25, 0.3) is 0 Å².